The van der Waals surface area contributed by atoms with Crippen molar-refractivity contribution in [1.82, 2.24) is 4.98 Å². The molecule has 160 valence electrons. The van der Waals surface area contributed by atoms with Gasteiger partial charge >= 0.3 is 0 Å². The van der Waals surface area contributed by atoms with Crippen LogP contribution in [-0.2, 0) is 15.6 Å². The van der Waals surface area contributed by atoms with Crippen LogP contribution >= 0.6 is 0 Å². The minimum absolute atomic E-state index is 0.0327. The molecule has 3 N–H and O–H groups in total. The van der Waals surface area contributed by atoms with Crippen molar-refractivity contribution in [3.8, 4) is 11.5 Å². The number of aromatic amines is 1. The molecule has 0 unspecified atom stereocenters. The highest BCUT2D eigenvalue weighted by molar-refractivity contribution is 6.05. The first-order chi connectivity index (χ1) is 14.8. The molecule has 0 bridgehead atoms. The van der Waals surface area contributed by atoms with Crippen molar-refractivity contribution in [3.05, 3.63) is 53.2 Å². The number of fused-ring (bicyclic) bond motifs is 2. The number of nitrogens with one attached hydrogen (secondary N) is 2. The van der Waals surface area contributed by atoms with Gasteiger partial charge in [-0.3, -0.25) is 4.79 Å². The van der Waals surface area contributed by atoms with Crippen LogP contribution in [0.1, 0.15) is 50.4 Å². The number of amides is 1. The van der Waals surface area contributed by atoms with Crippen LogP contribution in [0.3, 0.4) is 0 Å². The zero-order valence-corrected chi connectivity index (χ0v) is 17.8. The van der Waals surface area contributed by atoms with Gasteiger partial charge in [-0.1, -0.05) is 32.0 Å². The van der Waals surface area contributed by atoms with E-state index < -0.39 is 5.41 Å². The third-order valence-corrected chi connectivity index (χ3v) is 6.14. The molecule has 2 aliphatic rings. The Morgan fingerprint density at radius 3 is 2.65 bits per heavy atom. The van der Waals surface area contributed by atoms with Gasteiger partial charge < -0.3 is 25.0 Å². The number of nitrogens with zero attached hydrogens (tertiary/aromatic N) is 1. The van der Waals surface area contributed by atoms with Gasteiger partial charge in [-0.2, -0.15) is 0 Å². The van der Waals surface area contributed by atoms with E-state index in [-0.39, 0.29) is 18.1 Å². The molecule has 0 atom stereocenters. The van der Waals surface area contributed by atoms with E-state index in [2.05, 4.69) is 36.2 Å². The summed E-state index contributed by atoms with van der Waals surface area (Å²) >= 11 is 0. The zero-order valence-electron chi connectivity index (χ0n) is 17.8. The van der Waals surface area contributed by atoms with Crippen molar-refractivity contribution in [2.75, 3.05) is 12.1 Å². The third kappa shape index (κ3) is 3.21. The van der Waals surface area contributed by atoms with Crippen LogP contribution in [0.25, 0.3) is 10.9 Å². The lowest BCUT2D eigenvalue weighted by atomic mass is 9.89. The van der Waals surface area contributed by atoms with Crippen LogP contribution in [-0.4, -0.2) is 29.1 Å². The van der Waals surface area contributed by atoms with E-state index >= 15 is 0 Å². The highest BCUT2D eigenvalue weighted by Gasteiger charge is 2.51. The average Bonchev–Trinajstić information content (AvgIpc) is 3.27. The quantitative estimate of drug-likeness (QED) is 0.325. The normalized spacial score (nSPS) is 16.7. The first-order valence-electron chi connectivity index (χ1n) is 10.4. The Morgan fingerprint density at radius 1 is 1.16 bits per heavy atom. The van der Waals surface area contributed by atoms with E-state index in [1.807, 2.05) is 36.4 Å². The Kier molecular flexibility index (Phi) is 4.25. The van der Waals surface area contributed by atoms with E-state index in [1.165, 1.54) is 6.21 Å². The summed E-state index contributed by atoms with van der Waals surface area (Å²) in [6.07, 6.45) is 3.03. The Morgan fingerprint density at radius 2 is 1.94 bits per heavy atom. The van der Waals surface area contributed by atoms with Gasteiger partial charge in [0.25, 0.3) is 0 Å². The third-order valence-electron chi connectivity index (χ3n) is 6.14. The van der Waals surface area contributed by atoms with Crippen molar-refractivity contribution >= 4 is 28.7 Å². The molecule has 31 heavy (non-hydrogen) atoms. The summed E-state index contributed by atoms with van der Waals surface area (Å²) in [5.41, 5.74) is 3.67. The summed E-state index contributed by atoms with van der Waals surface area (Å²) in [5, 5.41) is 16.4. The first kappa shape index (κ1) is 19.5. The molecule has 1 fully saturated rings. The summed E-state index contributed by atoms with van der Waals surface area (Å²) in [7, 11) is 0. The number of ether oxygens (including phenoxy) is 2. The van der Waals surface area contributed by atoms with Crippen molar-refractivity contribution in [3.63, 3.8) is 0 Å². The number of hydrogen-bond donors (Lipinski definition) is 3. The molecule has 3 aromatic rings. The number of hydrogen-bond acceptors (Lipinski definition) is 5. The van der Waals surface area contributed by atoms with Crippen LogP contribution in [0.4, 0.5) is 5.69 Å². The van der Waals surface area contributed by atoms with E-state index in [0.717, 1.165) is 40.6 Å². The molecule has 0 radical (unpaired) electrons. The van der Waals surface area contributed by atoms with Crippen LogP contribution in [0, 0.1) is 0 Å². The standard InChI is InChI=1S/C24H25N3O4/c1-23(2,3)21-17(12-25-29)16-11-15(5-6-18(16)27-21)26-22(28)24(8-9-24)14-4-7-19-20(10-14)31-13-30-19/h4-7,10-12,27,29H,8-9,13H2,1-3H3,(H,26,28)/b25-12-. The van der Waals surface area contributed by atoms with Gasteiger partial charge in [0.1, 0.15) is 0 Å². The van der Waals surface area contributed by atoms with Crippen LogP contribution in [0.15, 0.2) is 41.6 Å². The van der Waals surface area contributed by atoms with Gasteiger partial charge in [0.2, 0.25) is 12.7 Å². The van der Waals surface area contributed by atoms with Crippen LogP contribution < -0.4 is 14.8 Å². The molecular formula is C24H25N3O4. The first-order valence-corrected chi connectivity index (χ1v) is 10.4. The fourth-order valence-electron chi connectivity index (χ4n) is 4.29. The second-order valence-electron chi connectivity index (χ2n) is 9.27. The molecular weight excluding hydrogens is 394 g/mol. The van der Waals surface area contributed by atoms with Crippen molar-refractivity contribution in [1.29, 1.82) is 0 Å². The van der Waals surface area contributed by atoms with Gasteiger partial charge in [0, 0.05) is 33.3 Å². The fraction of sp³-hybridized carbons (Fsp3) is 0.333. The van der Waals surface area contributed by atoms with Gasteiger partial charge in [-0.25, -0.2) is 0 Å². The molecule has 2 aromatic carbocycles. The van der Waals surface area contributed by atoms with Gasteiger partial charge in [-0.05, 0) is 48.7 Å². The maximum Gasteiger partial charge on any atom is 0.235 e. The van der Waals surface area contributed by atoms with Crippen LogP contribution in [0.2, 0.25) is 0 Å². The lowest BCUT2D eigenvalue weighted by Crippen LogP contribution is -2.27. The van der Waals surface area contributed by atoms with E-state index in [1.54, 1.807) is 0 Å². The summed E-state index contributed by atoms with van der Waals surface area (Å²) in [4.78, 5) is 16.7. The van der Waals surface area contributed by atoms with E-state index in [0.29, 0.717) is 17.2 Å². The minimum Gasteiger partial charge on any atom is -0.454 e. The summed E-state index contributed by atoms with van der Waals surface area (Å²) < 4.78 is 10.9. The molecule has 1 aromatic heterocycles. The number of carbonyl (C=O) groups is 1. The molecule has 7 nitrogen and oxygen atoms in total. The summed E-state index contributed by atoms with van der Waals surface area (Å²) in [6.45, 7) is 6.50. The topological polar surface area (TPSA) is 95.9 Å². The molecule has 1 aliphatic heterocycles. The number of aromatic nitrogens is 1. The maximum atomic E-state index is 13.3. The highest BCUT2D eigenvalue weighted by atomic mass is 16.7. The Bertz CT molecular complexity index is 1220. The Labute approximate surface area is 180 Å². The second kappa shape index (κ2) is 6.77. The monoisotopic (exact) mass is 419 g/mol. The highest BCUT2D eigenvalue weighted by Crippen LogP contribution is 2.51. The number of H-pyrrole nitrogens is 1. The van der Waals surface area contributed by atoms with Crippen LogP contribution in [0.5, 0.6) is 11.5 Å². The van der Waals surface area contributed by atoms with Crippen molar-refractivity contribution in [2.45, 2.75) is 44.4 Å². The molecule has 7 heteroatoms. The van der Waals surface area contributed by atoms with Gasteiger partial charge in [0.05, 0.1) is 11.6 Å². The molecule has 0 spiro atoms. The second-order valence-corrected chi connectivity index (χ2v) is 9.27. The molecule has 5 rings (SSSR count). The van der Waals surface area contributed by atoms with Gasteiger partial charge in [-0.15, -0.1) is 0 Å². The Balaban J connectivity index is 1.46. The lowest BCUT2D eigenvalue weighted by Gasteiger charge is -2.17. The van der Waals surface area contributed by atoms with E-state index in [9.17, 15) is 10.0 Å². The fourth-order valence-corrected chi connectivity index (χ4v) is 4.29. The van der Waals surface area contributed by atoms with Gasteiger partial charge in [0.15, 0.2) is 11.5 Å². The predicted octanol–water partition coefficient (Wildman–Crippen LogP) is 4.67. The number of benzene rings is 2. The number of oxime groups is 1. The largest absolute Gasteiger partial charge is 0.454 e. The van der Waals surface area contributed by atoms with Crippen molar-refractivity contribution < 1.29 is 19.5 Å². The van der Waals surface area contributed by atoms with E-state index in [4.69, 9.17) is 9.47 Å². The predicted molar refractivity (Wildman–Crippen MR) is 118 cm³/mol. The molecule has 1 amide bonds. The number of anilines is 1. The lowest BCUT2D eigenvalue weighted by molar-refractivity contribution is -0.118. The maximum absolute atomic E-state index is 13.3. The smallest absolute Gasteiger partial charge is 0.235 e. The zero-order chi connectivity index (χ0) is 21.8. The Hall–Kier alpha value is -3.48. The van der Waals surface area contributed by atoms with Crippen molar-refractivity contribution in [2.24, 2.45) is 5.16 Å². The summed E-state index contributed by atoms with van der Waals surface area (Å²) in [6, 6.07) is 11.5. The molecule has 1 saturated carbocycles. The summed E-state index contributed by atoms with van der Waals surface area (Å²) in [5.74, 6) is 1.37. The number of carbonyl (C=O) groups excluding carboxylic acids is 1. The molecule has 2 heterocycles. The minimum atomic E-state index is -0.542. The average molecular weight is 419 g/mol. The molecule has 0 saturated heterocycles. The number of rotatable bonds is 4. The SMILES string of the molecule is CC(C)(C)c1[nH]c2ccc(NC(=O)C3(c4ccc5c(c4)OCO5)CC3)cc2c1/C=N\O. The molecule has 1 aliphatic carbocycles.